The maximum Gasteiger partial charge on any atom is 0.312 e. The van der Waals surface area contributed by atoms with Crippen LogP contribution >= 0.6 is 0 Å². The average Bonchev–Trinajstić information content (AvgIpc) is 2.71. The topological polar surface area (TPSA) is 115 Å². The number of carbonyl (C=O) groups is 1. The second-order valence-corrected chi connectivity index (χ2v) is 7.84. The fourth-order valence-electron chi connectivity index (χ4n) is 3.68. The highest BCUT2D eigenvalue weighted by atomic mass is 16.5. The number of aryl methyl sites for hydroxylation is 1. The van der Waals surface area contributed by atoms with Gasteiger partial charge in [0.1, 0.15) is 0 Å². The van der Waals surface area contributed by atoms with Gasteiger partial charge in [0.2, 0.25) is 0 Å². The number of aromatic nitrogens is 1. The van der Waals surface area contributed by atoms with Crippen LogP contribution in [-0.2, 0) is 16.1 Å². The molecule has 1 aromatic carbocycles. The van der Waals surface area contributed by atoms with Crippen LogP contribution in [0, 0.1) is 19.3 Å². The number of hydrogen-bond donors (Lipinski definition) is 3. The van der Waals surface area contributed by atoms with Crippen LogP contribution in [0.25, 0.3) is 0 Å². The molecular weight excluding hydrogens is 368 g/mol. The van der Waals surface area contributed by atoms with E-state index in [4.69, 9.17) is 16.3 Å². The number of nitrogen functional groups attached to an aromatic ring is 1. The summed E-state index contributed by atoms with van der Waals surface area (Å²) in [7, 11) is 1.38. The zero-order chi connectivity index (χ0) is 21.9. The van der Waals surface area contributed by atoms with Gasteiger partial charge in [0.15, 0.2) is 0 Å². The van der Waals surface area contributed by atoms with Crippen molar-refractivity contribution in [3.8, 4) is 0 Å². The van der Waals surface area contributed by atoms with Crippen LogP contribution in [0.5, 0.6) is 0 Å². The van der Waals surface area contributed by atoms with Crippen molar-refractivity contribution >= 4 is 17.3 Å². The van der Waals surface area contributed by atoms with Crippen LogP contribution in [0.2, 0.25) is 0 Å². The van der Waals surface area contributed by atoms with E-state index in [0.29, 0.717) is 17.9 Å². The number of pyridine rings is 1. The number of aliphatic hydroxyl groups excluding tert-OH is 1. The minimum Gasteiger partial charge on any atom is -0.469 e. The van der Waals surface area contributed by atoms with Crippen LogP contribution in [0.1, 0.15) is 54.6 Å². The van der Waals surface area contributed by atoms with Crippen LogP contribution in [0.15, 0.2) is 24.4 Å². The third-order valence-electron chi connectivity index (χ3n) is 5.63. The molecule has 0 saturated heterocycles. The average molecular weight is 401 g/mol. The van der Waals surface area contributed by atoms with Gasteiger partial charge in [-0.25, -0.2) is 5.84 Å². The predicted octanol–water partition coefficient (Wildman–Crippen LogP) is 2.80. The Morgan fingerprint density at radius 2 is 2.00 bits per heavy atom. The standard InChI is InChI=1S/C22H32N4O3/c1-7-26(24)18-9-8-16(14(3)20(18)23)19(22(4,5)21(28)29-6)17-10-15(12-27)13(2)11-25-17/h8-11,19,27H,7,12,23-24H2,1-6H3. The monoisotopic (exact) mass is 400 g/mol. The fourth-order valence-corrected chi connectivity index (χ4v) is 3.68. The molecule has 1 unspecified atom stereocenters. The van der Waals surface area contributed by atoms with E-state index in [9.17, 15) is 9.90 Å². The van der Waals surface area contributed by atoms with E-state index in [2.05, 4.69) is 4.98 Å². The summed E-state index contributed by atoms with van der Waals surface area (Å²) in [5.41, 5.74) is 10.8. The molecule has 5 N–H and O–H groups in total. The summed E-state index contributed by atoms with van der Waals surface area (Å²) >= 11 is 0. The van der Waals surface area contributed by atoms with Crippen molar-refractivity contribution in [3.05, 3.63) is 52.3 Å². The number of anilines is 2. The summed E-state index contributed by atoms with van der Waals surface area (Å²) in [6, 6.07) is 5.64. The number of methoxy groups -OCH3 is 1. The predicted molar refractivity (Wildman–Crippen MR) is 115 cm³/mol. The smallest absolute Gasteiger partial charge is 0.312 e. The Bertz CT molecular complexity index is 896. The van der Waals surface area contributed by atoms with Gasteiger partial charge in [0, 0.05) is 24.4 Å². The van der Waals surface area contributed by atoms with E-state index in [1.54, 1.807) is 11.2 Å². The Labute approximate surface area is 172 Å². The second kappa shape index (κ2) is 8.80. The molecule has 0 amide bonds. The lowest BCUT2D eigenvalue weighted by Crippen LogP contribution is -2.35. The van der Waals surface area contributed by atoms with Gasteiger partial charge in [-0.05, 0) is 69.0 Å². The molecule has 2 aromatic rings. The highest BCUT2D eigenvalue weighted by molar-refractivity contribution is 5.79. The van der Waals surface area contributed by atoms with E-state index in [1.807, 2.05) is 52.8 Å². The maximum absolute atomic E-state index is 12.7. The summed E-state index contributed by atoms with van der Waals surface area (Å²) in [6.07, 6.45) is 1.72. The van der Waals surface area contributed by atoms with Gasteiger partial charge in [-0.1, -0.05) is 6.07 Å². The lowest BCUT2D eigenvalue weighted by molar-refractivity contribution is -0.151. The summed E-state index contributed by atoms with van der Waals surface area (Å²) in [5.74, 6) is 5.27. The summed E-state index contributed by atoms with van der Waals surface area (Å²) in [5, 5.41) is 11.3. The number of nitrogens with two attached hydrogens (primary N) is 2. The molecule has 7 nitrogen and oxygen atoms in total. The molecule has 29 heavy (non-hydrogen) atoms. The van der Waals surface area contributed by atoms with Gasteiger partial charge >= 0.3 is 5.97 Å². The van der Waals surface area contributed by atoms with E-state index in [1.165, 1.54) is 7.11 Å². The second-order valence-electron chi connectivity index (χ2n) is 7.84. The molecule has 158 valence electrons. The summed E-state index contributed by atoms with van der Waals surface area (Å²) in [6.45, 7) is 9.91. The van der Waals surface area contributed by atoms with Gasteiger partial charge in [-0.3, -0.25) is 9.78 Å². The largest absolute Gasteiger partial charge is 0.469 e. The molecule has 0 aliphatic heterocycles. The van der Waals surface area contributed by atoms with Crippen molar-refractivity contribution in [2.24, 2.45) is 11.3 Å². The molecule has 0 bridgehead atoms. The fraction of sp³-hybridized carbons (Fsp3) is 0.455. The molecule has 0 aliphatic rings. The van der Waals surface area contributed by atoms with Crippen LogP contribution in [-0.4, -0.2) is 29.7 Å². The van der Waals surface area contributed by atoms with Crippen LogP contribution < -0.4 is 16.6 Å². The molecule has 7 heteroatoms. The van der Waals surface area contributed by atoms with Crippen molar-refractivity contribution < 1.29 is 14.6 Å². The third kappa shape index (κ3) is 4.21. The van der Waals surface area contributed by atoms with E-state index in [-0.39, 0.29) is 12.6 Å². The van der Waals surface area contributed by atoms with Gasteiger partial charge in [0.05, 0.1) is 30.5 Å². The van der Waals surface area contributed by atoms with Gasteiger partial charge in [-0.15, -0.1) is 0 Å². The highest BCUT2D eigenvalue weighted by Gasteiger charge is 2.42. The lowest BCUT2D eigenvalue weighted by atomic mass is 9.71. The molecule has 0 fully saturated rings. The first-order chi connectivity index (χ1) is 13.6. The minimum absolute atomic E-state index is 0.106. The zero-order valence-corrected chi connectivity index (χ0v) is 18.1. The first-order valence-electron chi connectivity index (χ1n) is 9.65. The number of ether oxygens (including phenoxy) is 1. The molecule has 1 atom stereocenters. The van der Waals surface area contributed by atoms with Crippen molar-refractivity contribution in [2.45, 2.75) is 47.1 Å². The van der Waals surface area contributed by atoms with Crippen molar-refractivity contribution in [3.63, 3.8) is 0 Å². The zero-order valence-electron chi connectivity index (χ0n) is 18.1. The molecule has 1 aromatic heterocycles. The number of benzene rings is 1. The molecule has 0 radical (unpaired) electrons. The number of hydrazine groups is 1. The first kappa shape index (κ1) is 22.6. The number of hydrogen-bond acceptors (Lipinski definition) is 7. The Hall–Kier alpha value is -2.64. The third-order valence-corrected chi connectivity index (χ3v) is 5.63. The van der Waals surface area contributed by atoms with E-state index in [0.717, 1.165) is 27.9 Å². The molecule has 0 spiro atoms. The Kier molecular flexibility index (Phi) is 6.87. The number of esters is 1. The SMILES string of the molecule is CCN(N)c1ccc(C(c2cc(CO)c(C)cn2)C(C)(C)C(=O)OC)c(C)c1N. The Balaban J connectivity index is 2.76. The molecular formula is C22H32N4O3. The Morgan fingerprint density at radius 1 is 1.34 bits per heavy atom. The van der Waals surface area contributed by atoms with Gasteiger partial charge in [-0.2, -0.15) is 0 Å². The highest BCUT2D eigenvalue weighted by Crippen LogP contribution is 2.44. The summed E-state index contributed by atoms with van der Waals surface area (Å²) < 4.78 is 5.09. The van der Waals surface area contributed by atoms with Crippen molar-refractivity contribution in [1.29, 1.82) is 0 Å². The van der Waals surface area contributed by atoms with Crippen molar-refractivity contribution in [2.75, 3.05) is 24.4 Å². The number of carbonyl (C=O) groups excluding carboxylic acids is 1. The molecule has 0 aliphatic carbocycles. The first-order valence-corrected chi connectivity index (χ1v) is 9.65. The normalized spacial score (nSPS) is 12.6. The minimum atomic E-state index is -0.921. The van der Waals surface area contributed by atoms with E-state index < -0.39 is 11.3 Å². The van der Waals surface area contributed by atoms with Gasteiger partial charge in [0.25, 0.3) is 0 Å². The Morgan fingerprint density at radius 3 is 2.55 bits per heavy atom. The summed E-state index contributed by atoms with van der Waals surface area (Å²) in [4.78, 5) is 17.3. The molecule has 1 heterocycles. The number of rotatable bonds is 7. The quantitative estimate of drug-likeness (QED) is 0.283. The maximum atomic E-state index is 12.7. The van der Waals surface area contributed by atoms with E-state index >= 15 is 0 Å². The lowest BCUT2D eigenvalue weighted by Gasteiger charge is -2.34. The molecule has 2 rings (SSSR count). The number of aliphatic hydroxyl groups is 1. The molecule has 0 saturated carbocycles. The number of nitrogens with zero attached hydrogens (tertiary/aromatic N) is 2. The van der Waals surface area contributed by atoms with Crippen LogP contribution in [0.3, 0.4) is 0 Å². The van der Waals surface area contributed by atoms with Crippen LogP contribution in [0.4, 0.5) is 11.4 Å². The van der Waals surface area contributed by atoms with Crippen molar-refractivity contribution in [1.82, 2.24) is 4.98 Å². The van der Waals surface area contributed by atoms with Gasteiger partial charge < -0.3 is 20.6 Å².